The molecule has 0 unspecified atom stereocenters. The Kier molecular flexibility index (Phi) is 4.35. The maximum atomic E-state index is 14.2. The molecule has 1 aliphatic carbocycles. The van der Waals surface area contributed by atoms with E-state index in [0.29, 0.717) is 31.5 Å². The van der Waals surface area contributed by atoms with Crippen LogP contribution in [0.3, 0.4) is 0 Å². The van der Waals surface area contributed by atoms with Crippen LogP contribution in [-0.2, 0) is 17.9 Å². The number of hydrogen-bond donors (Lipinski definition) is 2. The van der Waals surface area contributed by atoms with Crippen LogP contribution in [-0.4, -0.2) is 33.5 Å². The fourth-order valence-corrected chi connectivity index (χ4v) is 3.63. The number of halogens is 1. The monoisotopic (exact) mass is 321 g/mol. The first-order valence-corrected chi connectivity index (χ1v) is 7.94. The lowest BCUT2D eigenvalue weighted by Gasteiger charge is -2.29. The number of rotatable bonds is 4. The van der Waals surface area contributed by atoms with Crippen molar-refractivity contribution in [3.05, 3.63) is 34.6 Å². The van der Waals surface area contributed by atoms with Gasteiger partial charge in [-0.2, -0.15) is 0 Å². The van der Waals surface area contributed by atoms with Crippen LogP contribution < -0.4 is 0 Å². The summed E-state index contributed by atoms with van der Waals surface area (Å²) in [5, 5.41) is 18.1. The second-order valence-electron chi connectivity index (χ2n) is 6.47. The molecule has 1 aliphatic heterocycles. The van der Waals surface area contributed by atoms with Crippen molar-refractivity contribution in [3.8, 4) is 0 Å². The van der Waals surface area contributed by atoms with E-state index >= 15 is 0 Å². The van der Waals surface area contributed by atoms with Crippen molar-refractivity contribution in [1.29, 1.82) is 0 Å². The normalized spacial score (nSPS) is 23.9. The number of aliphatic hydroxyl groups is 1. The summed E-state index contributed by atoms with van der Waals surface area (Å²) in [5.74, 6) is -1.70. The summed E-state index contributed by atoms with van der Waals surface area (Å²) in [7, 11) is 0. The lowest BCUT2D eigenvalue weighted by atomic mass is 9.82. The molecular formula is C17H20FNO4. The van der Waals surface area contributed by atoms with Gasteiger partial charge in [-0.3, -0.25) is 9.59 Å². The van der Waals surface area contributed by atoms with Gasteiger partial charge < -0.3 is 15.1 Å². The average Bonchev–Trinajstić information content (AvgIpc) is 2.85. The topological polar surface area (TPSA) is 77.8 Å². The van der Waals surface area contributed by atoms with E-state index in [1.54, 1.807) is 11.0 Å². The van der Waals surface area contributed by atoms with Crippen LogP contribution in [0.4, 0.5) is 4.39 Å². The van der Waals surface area contributed by atoms with Gasteiger partial charge >= 0.3 is 5.97 Å². The maximum Gasteiger partial charge on any atom is 0.306 e. The van der Waals surface area contributed by atoms with Crippen LogP contribution in [0.25, 0.3) is 0 Å². The number of aliphatic carboxylic acids is 1. The molecule has 0 radical (unpaired) electrons. The van der Waals surface area contributed by atoms with Crippen LogP contribution in [0, 0.1) is 17.7 Å². The summed E-state index contributed by atoms with van der Waals surface area (Å²) in [6.07, 6.45) is 2.83. The van der Waals surface area contributed by atoms with Crippen molar-refractivity contribution in [2.45, 2.75) is 38.8 Å². The van der Waals surface area contributed by atoms with Gasteiger partial charge in [0.2, 0.25) is 0 Å². The van der Waals surface area contributed by atoms with Crippen LogP contribution in [0.15, 0.2) is 12.1 Å². The predicted molar refractivity (Wildman–Crippen MR) is 80.1 cm³/mol. The van der Waals surface area contributed by atoms with Crippen molar-refractivity contribution >= 4 is 11.9 Å². The summed E-state index contributed by atoms with van der Waals surface area (Å²) >= 11 is 0. The molecule has 2 aliphatic rings. The second-order valence-corrected chi connectivity index (χ2v) is 6.47. The minimum Gasteiger partial charge on any atom is -0.481 e. The van der Waals surface area contributed by atoms with Gasteiger partial charge in [0, 0.05) is 18.7 Å². The molecule has 0 atom stereocenters. The molecule has 0 spiro atoms. The zero-order valence-electron chi connectivity index (χ0n) is 12.8. The summed E-state index contributed by atoms with van der Waals surface area (Å²) in [4.78, 5) is 25.1. The number of carboxylic acid groups (broad SMARTS) is 1. The van der Waals surface area contributed by atoms with Crippen LogP contribution in [0.5, 0.6) is 0 Å². The Morgan fingerprint density at radius 1 is 1.26 bits per heavy atom. The molecule has 1 aromatic rings. The van der Waals surface area contributed by atoms with Crippen LogP contribution >= 0.6 is 0 Å². The molecular weight excluding hydrogens is 301 g/mol. The van der Waals surface area contributed by atoms with Crippen LogP contribution in [0.2, 0.25) is 0 Å². The Labute approximate surface area is 133 Å². The van der Waals surface area contributed by atoms with Crippen molar-refractivity contribution in [2.75, 3.05) is 6.54 Å². The summed E-state index contributed by atoms with van der Waals surface area (Å²) in [6.45, 7) is 0.495. The number of benzene rings is 1. The lowest BCUT2D eigenvalue weighted by molar-refractivity contribution is -0.143. The molecule has 124 valence electrons. The molecule has 0 aromatic heterocycles. The van der Waals surface area contributed by atoms with Crippen molar-refractivity contribution in [2.24, 2.45) is 11.8 Å². The minimum absolute atomic E-state index is 0.0794. The van der Waals surface area contributed by atoms with Gasteiger partial charge in [0.15, 0.2) is 0 Å². The number of carbonyl (C=O) groups is 2. The van der Waals surface area contributed by atoms with Gasteiger partial charge in [0.05, 0.1) is 18.1 Å². The number of carboxylic acids is 1. The average molecular weight is 321 g/mol. The van der Waals surface area contributed by atoms with E-state index in [-0.39, 0.29) is 28.9 Å². The maximum absolute atomic E-state index is 14.2. The van der Waals surface area contributed by atoms with Gasteiger partial charge in [-0.15, -0.1) is 0 Å². The summed E-state index contributed by atoms with van der Waals surface area (Å²) in [5.41, 5.74) is 0.876. The second kappa shape index (κ2) is 6.28. The third-order valence-corrected chi connectivity index (χ3v) is 5.02. The third-order valence-electron chi connectivity index (χ3n) is 5.02. The molecule has 5 nitrogen and oxygen atoms in total. The largest absolute Gasteiger partial charge is 0.481 e. The molecule has 1 aromatic carbocycles. The molecule has 3 rings (SSSR count). The van der Waals surface area contributed by atoms with E-state index in [1.807, 2.05) is 0 Å². The number of carbonyl (C=O) groups excluding carboxylic acids is 1. The van der Waals surface area contributed by atoms with E-state index in [0.717, 1.165) is 12.8 Å². The van der Waals surface area contributed by atoms with E-state index in [4.69, 9.17) is 10.2 Å². The zero-order chi connectivity index (χ0) is 16.6. The van der Waals surface area contributed by atoms with Crippen LogP contribution in [0.1, 0.15) is 47.2 Å². The Bertz CT molecular complexity index is 638. The number of fused-ring (bicyclic) bond motifs is 1. The molecule has 1 heterocycles. The Morgan fingerprint density at radius 2 is 1.96 bits per heavy atom. The van der Waals surface area contributed by atoms with Gasteiger partial charge in [0.1, 0.15) is 5.82 Å². The molecule has 0 bridgehead atoms. The zero-order valence-corrected chi connectivity index (χ0v) is 12.8. The van der Waals surface area contributed by atoms with Gasteiger partial charge in [-0.1, -0.05) is 12.1 Å². The molecule has 1 saturated carbocycles. The number of amides is 1. The van der Waals surface area contributed by atoms with Crippen molar-refractivity contribution in [1.82, 2.24) is 4.90 Å². The first-order chi connectivity index (χ1) is 11.0. The Balaban J connectivity index is 1.67. The van der Waals surface area contributed by atoms with Crippen molar-refractivity contribution in [3.63, 3.8) is 0 Å². The molecule has 23 heavy (non-hydrogen) atoms. The SMILES string of the molecule is O=C(O)C1CCC(CN2Cc3ccc(CO)c(F)c3C2=O)CC1. The quantitative estimate of drug-likeness (QED) is 0.891. The molecule has 2 N–H and O–H groups in total. The summed E-state index contributed by atoms with van der Waals surface area (Å²) < 4.78 is 14.2. The number of nitrogens with zero attached hydrogens (tertiary/aromatic N) is 1. The van der Waals surface area contributed by atoms with E-state index in [9.17, 15) is 14.0 Å². The predicted octanol–water partition coefficient (Wildman–Crippen LogP) is 2.16. The lowest BCUT2D eigenvalue weighted by Crippen LogP contribution is -2.33. The standard InChI is InChI=1S/C17H20FNO4/c18-15-13(9-20)6-5-12-8-19(16(21)14(12)15)7-10-1-3-11(4-2-10)17(22)23/h5-6,10-11,20H,1-4,7-9H2,(H,22,23). The smallest absolute Gasteiger partial charge is 0.306 e. The first kappa shape index (κ1) is 15.9. The molecule has 0 saturated heterocycles. The van der Waals surface area contributed by atoms with Crippen molar-refractivity contribution < 1.29 is 24.2 Å². The highest BCUT2D eigenvalue weighted by Crippen LogP contribution is 2.33. The Morgan fingerprint density at radius 3 is 2.57 bits per heavy atom. The van der Waals surface area contributed by atoms with Gasteiger partial charge in [-0.25, -0.2) is 4.39 Å². The minimum atomic E-state index is -0.744. The molecule has 1 amide bonds. The fourth-order valence-electron chi connectivity index (χ4n) is 3.63. The molecule has 6 heteroatoms. The van der Waals surface area contributed by atoms with E-state index in [1.165, 1.54) is 6.07 Å². The first-order valence-electron chi connectivity index (χ1n) is 7.94. The Hall–Kier alpha value is -1.95. The highest BCUT2D eigenvalue weighted by molar-refractivity contribution is 5.98. The van der Waals surface area contributed by atoms with Gasteiger partial charge in [0.25, 0.3) is 5.91 Å². The number of hydrogen-bond acceptors (Lipinski definition) is 3. The molecule has 1 fully saturated rings. The van der Waals surface area contributed by atoms with E-state index in [2.05, 4.69) is 0 Å². The highest BCUT2D eigenvalue weighted by atomic mass is 19.1. The van der Waals surface area contributed by atoms with Gasteiger partial charge in [-0.05, 0) is 37.2 Å². The highest BCUT2D eigenvalue weighted by Gasteiger charge is 2.34. The third kappa shape index (κ3) is 2.95. The fraction of sp³-hybridized carbons (Fsp3) is 0.529. The number of aliphatic hydroxyl groups excluding tert-OH is 1. The van der Waals surface area contributed by atoms with E-state index < -0.39 is 18.4 Å². The summed E-state index contributed by atoms with van der Waals surface area (Å²) in [6, 6.07) is 3.21.